The Hall–Kier alpha value is -2.32. The number of hydrogen-bond acceptors (Lipinski definition) is 4. The van der Waals surface area contributed by atoms with Crippen molar-refractivity contribution in [3.63, 3.8) is 0 Å². The average molecular weight is 380 g/mol. The van der Waals surface area contributed by atoms with Crippen LogP contribution in [0.25, 0.3) is 0 Å². The number of nitrogens with zero attached hydrogens (tertiary/aromatic N) is 2. The van der Waals surface area contributed by atoms with Gasteiger partial charge in [-0.05, 0) is 67.9 Å². The van der Waals surface area contributed by atoms with Crippen molar-refractivity contribution in [3.05, 3.63) is 52.7 Å². The molecule has 27 heavy (non-hydrogen) atoms. The van der Waals surface area contributed by atoms with E-state index < -0.39 is 0 Å². The molecule has 1 heterocycles. The Morgan fingerprint density at radius 1 is 1.44 bits per heavy atom. The summed E-state index contributed by atoms with van der Waals surface area (Å²) < 4.78 is 0. The van der Waals surface area contributed by atoms with Gasteiger partial charge in [-0.3, -0.25) is 4.79 Å². The quantitative estimate of drug-likeness (QED) is 0.751. The monoisotopic (exact) mass is 379 g/mol. The zero-order valence-electron chi connectivity index (χ0n) is 16.1. The second-order valence-corrected chi connectivity index (χ2v) is 8.47. The number of aryl methyl sites for hydroxylation is 2. The van der Waals surface area contributed by atoms with Gasteiger partial charge >= 0.3 is 0 Å². The van der Waals surface area contributed by atoms with Crippen LogP contribution >= 0.6 is 11.8 Å². The van der Waals surface area contributed by atoms with Crippen LogP contribution in [0.4, 0.5) is 5.69 Å². The summed E-state index contributed by atoms with van der Waals surface area (Å²) in [6.45, 7) is 6.22. The first-order valence-corrected chi connectivity index (χ1v) is 10.3. The van der Waals surface area contributed by atoms with E-state index in [9.17, 15) is 10.1 Å². The highest BCUT2D eigenvalue weighted by molar-refractivity contribution is 8.00. The SMILES string of the molecule is CCC(Sc1nc2c(cc1C#N)CC(C)CC2)C(=O)Nc1cccc(C)c1. The fourth-order valence-corrected chi connectivity index (χ4v) is 4.40. The minimum atomic E-state index is -0.286. The number of rotatable bonds is 5. The van der Waals surface area contributed by atoms with E-state index in [4.69, 9.17) is 4.98 Å². The van der Waals surface area contributed by atoms with Crippen molar-refractivity contribution in [2.24, 2.45) is 5.92 Å². The molecule has 2 unspecified atom stereocenters. The van der Waals surface area contributed by atoms with Gasteiger partial charge in [-0.25, -0.2) is 4.98 Å². The van der Waals surface area contributed by atoms with Gasteiger partial charge in [-0.15, -0.1) is 0 Å². The molecule has 1 N–H and O–H groups in total. The highest BCUT2D eigenvalue weighted by Gasteiger charge is 2.24. The number of nitrogens with one attached hydrogen (secondary N) is 1. The maximum absolute atomic E-state index is 12.7. The molecule has 140 valence electrons. The highest BCUT2D eigenvalue weighted by Crippen LogP contribution is 2.32. The average Bonchev–Trinajstić information content (AvgIpc) is 2.65. The third kappa shape index (κ3) is 4.70. The zero-order valence-corrected chi connectivity index (χ0v) is 16.9. The molecule has 0 bridgehead atoms. The standard InChI is InChI=1S/C22H25N3OS/c1-4-20(21(26)24-18-7-5-6-14(2)11-18)27-22-17(13-23)12-16-10-15(3)8-9-19(16)25-22/h5-7,11-12,15,20H,4,8-10H2,1-3H3,(H,24,26). The van der Waals surface area contributed by atoms with E-state index in [1.165, 1.54) is 17.3 Å². The highest BCUT2D eigenvalue weighted by atomic mass is 32.2. The van der Waals surface area contributed by atoms with Crippen molar-refractivity contribution in [1.29, 1.82) is 5.26 Å². The van der Waals surface area contributed by atoms with Crippen molar-refractivity contribution >= 4 is 23.4 Å². The Kier molecular flexibility index (Phi) is 6.18. The molecule has 0 aliphatic heterocycles. The Morgan fingerprint density at radius 2 is 2.26 bits per heavy atom. The van der Waals surface area contributed by atoms with Gasteiger partial charge in [-0.2, -0.15) is 5.26 Å². The minimum absolute atomic E-state index is 0.0508. The van der Waals surface area contributed by atoms with Crippen molar-refractivity contribution in [3.8, 4) is 6.07 Å². The van der Waals surface area contributed by atoms with E-state index in [-0.39, 0.29) is 11.2 Å². The van der Waals surface area contributed by atoms with Gasteiger partial charge in [-0.1, -0.05) is 37.7 Å². The Bertz CT molecular complexity index is 888. The first kappa shape index (κ1) is 19.4. The molecule has 1 amide bonds. The molecule has 5 heteroatoms. The fourth-order valence-electron chi connectivity index (χ4n) is 3.40. The van der Waals surface area contributed by atoms with Crippen LogP contribution in [-0.4, -0.2) is 16.1 Å². The van der Waals surface area contributed by atoms with Crippen molar-refractivity contribution < 1.29 is 4.79 Å². The van der Waals surface area contributed by atoms with Crippen LogP contribution < -0.4 is 5.32 Å². The van der Waals surface area contributed by atoms with E-state index >= 15 is 0 Å². The Balaban J connectivity index is 1.79. The van der Waals surface area contributed by atoms with Gasteiger partial charge < -0.3 is 5.32 Å². The number of nitriles is 1. The second-order valence-electron chi connectivity index (χ2n) is 7.28. The van der Waals surface area contributed by atoms with Crippen LogP contribution in [0, 0.1) is 24.2 Å². The lowest BCUT2D eigenvalue weighted by Crippen LogP contribution is -2.25. The van der Waals surface area contributed by atoms with Gasteiger partial charge in [0.1, 0.15) is 11.1 Å². The van der Waals surface area contributed by atoms with Crippen LogP contribution in [-0.2, 0) is 17.6 Å². The summed E-state index contributed by atoms with van der Waals surface area (Å²) in [6, 6.07) is 12.0. The number of thioether (sulfide) groups is 1. The van der Waals surface area contributed by atoms with E-state index in [1.807, 2.05) is 44.2 Å². The molecular formula is C22H25N3OS. The lowest BCUT2D eigenvalue weighted by molar-refractivity contribution is -0.115. The van der Waals surface area contributed by atoms with Crippen molar-refractivity contribution in [2.75, 3.05) is 5.32 Å². The van der Waals surface area contributed by atoms with Gasteiger partial charge in [0.25, 0.3) is 0 Å². The molecule has 2 aromatic rings. The molecule has 0 radical (unpaired) electrons. The largest absolute Gasteiger partial charge is 0.325 e. The number of hydrogen-bond donors (Lipinski definition) is 1. The van der Waals surface area contributed by atoms with Crippen LogP contribution in [0.15, 0.2) is 35.4 Å². The van der Waals surface area contributed by atoms with Crippen LogP contribution in [0.1, 0.15) is 49.1 Å². The minimum Gasteiger partial charge on any atom is -0.325 e. The van der Waals surface area contributed by atoms with Crippen LogP contribution in [0.5, 0.6) is 0 Å². The predicted octanol–water partition coefficient (Wildman–Crippen LogP) is 4.90. The number of pyridine rings is 1. The Labute approximate surface area is 165 Å². The second kappa shape index (κ2) is 8.58. The predicted molar refractivity (Wildman–Crippen MR) is 110 cm³/mol. The van der Waals surface area contributed by atoms with Crippen molar-refractivity contribution in [2.45, 2.75) is 56.7 Å². The molecule has 2 atom stereocenters. The van der Waals surface area contributed by atoms with Gasteiger partial charge in [0.15, 0.2) is 0 Å². The van der Waals surface area contributed by atoms with Gasteiger partial charge in [0.05, 0.1) is 10.8 Å². The maximum Gasteiger partial charge on any atom is 0.237 e. The molecule has 0 fully saturated rings. The summed E-state index contributed by atoms with van der Waals surface area (Å²) in [7, 11) is 0. The molecule has 1 aromatic carbocycles. The first-order chi connectivity index (χ1) is 13.0. The number of fused-ring (bicyclic) bond motifs is 1. The summed E-state index contributed by atoms with van der Waals surface area (Å²) in [5, 5.41) is 13.0. The third-order valence-electron chi connectivity index (χ3n) is 4.92. The number of aromatic nitrogens is 1. The topological polar surface area (TPSA) is 65.8 Å². The molecule has 1 aliphatic rings. The van der Waals surface area contributed by atoms with E-state index in [0.29, 0.717) is 22.9 Å². The molecular weight excluding hydrogens is 354 g/mol. The smallest absolute Gasteiger partial charge is 0.237 e. The summed E-state index contributed by atoms with van der Waals surface area (Å²) in [5.74, 6) is 0.581. The van der Waals surface area contributed by atoms with Crippen LogP contribution in [0.2, 0.25) is 0 Å². The normalized spacial score (nSPS) is 16.9. The lowest BCUT2D eigenvalue weighted by Gasteiger charge is -2.22. The van der Waals surface area contributed by atoms with Gasteiger partial charge in [0.2, 0.25) is 5.91 Å². The summed E-state index contributed by atoms with van der Waals surface area (Å²) in [6.07, 6.45) is 3.72. The number of carbonyl (C=O) groups is 1. The zero-order chi connectivity index (χ0) is 19.4. The first-order valence-electron chi connectivity index (χ1n) is 9.47. The molecule has 0 spiro atoms. The molecule has 4 nitrogen and oxygen atoms in total. The Morgan fingerprint density at radius 3 is 2.96 bits per heavy atom. The number of anilines is 1. The molecule has 3 rings (SSSR count). The third-order valence-corrected chi connectivity index (χ3v) is 6.29. The number of benzene rings is 1. The number of carbonyl (C=O) groups excluding carboxylic acids is 1. The summed E-state index contributed by atoms with van der Waals surface area (Å²) in [4.78, 5) is 17.5. The van der Waals surface area contributed by atoms with E-state index in [1.54, 1.807) is 0 Å². The molecule has 0 saturated heterocycles. The molecule has 1 aromatic heterocycles. The lowest BCUT2D eigenvalue weighted by atomic mass is 9.87. The van der Waals surface area contributed by atoms with Gasteiger partial charge in [0, 0.05) is 11.4 Å². The van der Waals surface area contributed by atoms with Crippen molar-refractivity contribution in [1.82, 2.24) is 4.98 Å². The summed E-state index contributed by atoms with van der Waals surface area (Å²) >= 11 is 1.40. The number of amides is 1. The van der Waals surface area contributed by atoms with Crippen LogP contribution in [0.3, 0.4) is 0 Å². The molecule has 1 aliphatic carbocycles. The fraction of sp³-hybridized carbons (Fsp3) is 0.409. The van der Waals surface area contributed by atoms with E-state index in [2.05, 4.69) is 18.3 Å². The molecule has 0 saturated carbocycles. The maximum atomic E-state index is 12.7. The summed E-state index contributed by atoms with van der Waals surface area (Å²) in [5.41, 5.74) is 4.75. The van der Waals surface area contributed by atoms with E-state index in [0.717, 1.165) is 36.2 Å².